The van der Waals surface area contributed by atoms with E-state index in [1.807, 2.05) is 26.1 Å². The van der Waals surface area contributed by atoms with Crippen LogP contribution in [0.3, 0.4) is 0 Å². The third-order valence-corrected chi connectivity index (χ3v) is 15.9. The number of unbranched alkanes of at least 4 members (excludes halogenated alkanes) is 1. The van der Waals surface area contributed by atoms with Crippen LogP contribution in [0.25, 0.3) is 32.9 Å². The van der Waals surface area contributed by atoms with Gasteiger partial charge in [-0.25, -0.2) is 13.8 Å². The Bertz CT molecular complexity index is 2960. The number of rotatable bonds is 22. The van der Waals surface area contributed by atoms with Gasteiger partial charge in [-0.1, -0.05) is 45.6 Å². The zero-order valence-corrected chi connectivity index (χ0v) is 43.9. The number of aromatic hydroxyl groups is 1. The molecule has 398 valence electrons. The second kappa shape index (κ2) is 23.1. The Morgan fingerprint density at radius 3 is 2.44 bits per heavy atom. The molecule has 0 bridgehead atoms. The van der Waals surface area contributed by atoms with Gasteiger partial charge in [0.05, 0.1) is 19.3 Å². The Morgan fingerprint density at radius 1 is 1.00 bits per heavy atom. The minimum absolute atomic E-state index is 0.0317. The number of ether oxygens (including phenoxy) is 2. The highest BCUT2D eigenvalue weighted by Gasteiger charge is 2.46. The fourth-order valence-corrected chi connectivity index (χ4v) is 11.4. The fourth-order valence-electron chi connectivity index (χ4n) is 11.4. The average Bonchev–Trinajstić information content (AvgIpc) is 4.12. The number of piperidine rings is 1. The quantitative estimate of drug-likeness (QED) is 0.0468. The smallest absolute Gasteiger partial charge is 0.319 e. The number of phenolic OH excluding ortho intramolecular Hbond substituents is 1. The molecular formula is C57H70F2N10O6. The predicted molar refractivity (Wildman–Crippen MR) is 286 cm³/mol. The summed E-state index contributed by atoms with van der Waals surface area (Å²) < 4.78 is 45.3. The second-order valence-corrected chi connectivity index (χ2v) is 20.7. The molecule has 1 saturated carbocycles. The number of pyridine rings is 1. The number of terminal acetylenes is 1. The van der Waals surface area contributed by atoms with Gasteiger partial charge >= 0.3 is 6.01 Å². The van der Waals surface area contributed by atoms with Gasteiger partial charge < -0.3 is 39.5 Å². The van der Waals surface area contributed by atoms with E-state index in [1.54, 1.807) is 4.90 Å². The van der Waals surface area contributed by atoms with Gasteiger partial charge in [0.2, 0.25) is 18.2 Å². The van der Waals surface area contributed by atoms with Gasteiger partial charge in [-0.05, 0) is 99.3 Å². The van der Waals surface area contributed by atoms with Gasteiger partial charge in [0.15, 0.2) is 5.82 Å². The predicted octanol–water partition coefficient (Wildman–Crippen LogP) is 7.27. The number of fused-ring (bicyclic) bond motifs is 3. The Morgan fingerprint density at radius 2 is 1.77 bits per heavy atom. The molecule has 16 nitrogen and oxygen atoms in total. The first kappa shape index (κ1) is 53.2. The number of benzene rings is 3. The number of carbonyl (C=O) groups excluding carboxylic acids is 3. The number of likely N-dealkylation sites (N-methyl/N-ethyl adjacent to an activating group) is 1. The summed E-state index contributed by atoms with van der Waals surface area (Å²) in [6, 6.07) is 11.4. The maximum absolute atomic E-state index is 17.6. The average molecular weight is 1030 g/mol. The number of halogens is 2. The molecule has 1 aliphatic carbocycles. The second-order valence-electron chi connectivity index (χ2n) is 20.7. The molecular weight excluding hydrogens is 959 g/mol. The number of phenols is 1. The van der Waals surface area contributed by atoms with Crippen molar-refractivity contribution in [2.24, 2.45) is 5.41 Å². The summed E-state index contributed by atoms with van der Waals surface area (Å²) in [6.07, 6.45) is 14.0. The first-order chi connectivity index (χ1) is 36.4. The summed E-state index contributed by atoms with van der Waals surface area (Å²) in [5.41, 5.74) is 2.21. The molecule has 75 heavy (non-hydrogen) atoms. The lowest BCUT2D eigenvalue weighted by atomic mass is 9.95. The number of aromatic nitrogens is 3. The summed E-state index contributed by atoms with van der Waals surface area (Å²) in [6.45, 7) is 14.5. The molecule has 3 N–H and O–H groups in total. The molecule has 0 radical (unpaired) electrons. The largest absolute Gasteiger partial charge is 0.508 e. The van der Waals surface area contributed by atoms with Crippen molar-refractivity contribution in [3.8, 4) is 41.2 Å². The van der Waals surface area contributed by atoms with Gasteiger partial charge in [-0.2, -0.15) is 9.97 Å². The van der Waals surface area contributed by atoms with Gasteiger partial charge in [-0.15, -0.1) is 6.42 Å². The first-order valence-electron chi connectivity index (χ1n) is 26.7. The third-order valence-electron chi connectivity index (χ3n) is 15.9. The van der Waals surface area contributed by atoms with Crippen LogP contribution in [0, 0.1) is 29.4 Å². The van der Waals surface area contributed by atoms with Crippen molar-refractivity contribution in [3.05, 3.63) is 70.8 Å². The number of anilines is 2. The maximum atomic E-state index is 17.6. The topological polar surface area (TPSA) is 169 Å². The van der Waals surface area contributed by atoms with E-state index in [-0.39, 0.29) is 68.1 Å². The van der Waals surface area contributed by atoms with Crippen molar-refractivity contribution in [1.82, 2.24) is 40.3 Å². The van der Waals surface area contributed by atoms with E-state index in [0.29, 0.717) is 68.3 Å². The van der Waals surface area contributed by atoms with Crippen LogP contribution in [0.15, 0.2) is 42.5 Å². The standard InChI is InChI=1S/C57H70F2N10O6/c1-7-11-21-68(32-38(9-3)60-5)52-48-51(49(59)50(62-54(48)74-6)44-30-41(71)29-36-13-16-45(58)42(10-4)47(36)44)63-56(64-52)75-34-57(19-20-57)33-65-24-26-67(27-25-65)39-17-22-66(23-18-39)40-14-15-43-37(28-40)31-69(55(43)73)46(12-8-2)53(72)61-35-70/h4,13-16,28-30,35,38-39,46,60,71H,7-9,11-12,17-27,31-34H2,1-3,5-6H3,(H,61,70,72). The minimum atomic E-state index is -0.811. The van der Waals surface area contributed by atoms with Crippen molar-refractivity contribution < 1.29 is 37.7 Å². The number of hydrogen-bond donors (Lipinski definition) is 3. The van der Waals surface area contributed by atoms with E-state index in [9.17, 15) is 19.5 Å². The molecule has 5 heterocycles. The summed E-state index contributed by atoms with van der Waals surface area (Å²) in [5.74, 6) is 0.643. The highest BCUT2D eigenvalue weighted by molar-refractivity contribution is 6.05. The SMILES string of the molecule is C#Cc1c(F)ccc2cc(O)cc(-c3nc(OC)c4c(N(CCCC)CC(CC)NC)nc(OCC5(CN6CCN(C7CCN(c8ccc9c(c8)CN(C(CCC)C(=O)NC=O)C9=O)CC7)CC6)CC5)nc4c3F)c12. The van der Waals surface area contributed by atoms with Crippen LogP contribution in [-0.4, -0.2) is 151 Å². The Hall–Kier alpha value is -6.68. The minimum Gasteiger partial charge on any atom is -0.508 e. The molecule has 0 spiro atoms. The Kier molecular flexibility index (Phi) is 16.3. The number of carbonyl (C=O) groups is 3. The van der Waals surface area contributed by atoms with Gasteiger partial charge in [0, 0.05) is 105 Å². The lowest BCUT2D eigenvalue weighted by Crippen LogP contribution is -2.54. The summed E-state index contributed by atoms with van der Waals surface area (Å²) in [7, 11) is 3.37. The third kappa shape index (κ3) is 11.0. The van der Waals surface area contributed by atoms with E-state index >= 15 is 8.78 Å². The molecule has 3 aromatic carbocycles. The van der Waals surface area contributed by atoms with Crippen molar-refractivity contribution in [2.45, 2.75) is 103 Å². The number of methoxy groups -OCH3 is 1. The summed E-state index contributed by atoms with van der Waals surface area (Å²) in [4.78, 5) is 62.9. The number of imide groups is 1. The van der Waals surface area contributed by atoms with E-state index in [2.05, 4.69) is 56.1 Å². The van der Waals surface area contributed by atoms with Crippen molar-refractivity contribution in [2.75, 3.05) is 89.5 Å². The highest BCUT2D eigenvalue weighted by Crippen LogP contribution is 2.47. The maximum Gasteiger partial charge on any atom is 0.319 e. The van der Waals surface area contributed by atoms with Crippen LogP contribution in [0.5, 0.6) is 17.6 Å². The monoisotopic (exact) mass is 1030 g/mol. The Labute approximate surface area is 438 Å². The molecule has 3 fully saturated rings. The highest BCUT2D eigenvalue weighted by atomic mass is 19.1. The van der Waals surface area contributed by atoms with Crippen LogP contribution in [0.4, 0.5) is 20.3 Å². The van der Waals surface area contributed by atoms with E-state index in [1.165, 1.54) is 31.4 Å². The van der Waals surface area contributed by atoms with Crippen molar-refractivity contribution in [3.63, 3.8) is 0 Å². The van der Waals surface area contributed by atoms with Crippen LogP contribution in [0.1, 0.15) is 100 Å². The van der Waals surface area contributed by atoms with Crippen LogP contribution < -0.4 is 29.9 Å². The van der Waals surface area contributed by atoms with Crippen LogP contribution in [0.2, 0.25) is 0 Å². The number of amides is 3. The Balaban J connectivity index is 0.890. The van der Waals surface area contributed by atoms with Gasteiger partial charge in [-0.3, -0.25) is 24.6 Å². The molecule has 5 aromatic rings. The number of nitrogens with one attached hydrogen (secondary N) is 2. The van der Waals surface area contributed by atoms with Crippen LogP contribution >= 0.6 is 0 Å². The number of nitrogens with zero attached hydrogens (tertiary/aromatic N) is 8. The fraction of sp³-hybridized carbons (Fsp3) is 0.509. The molecule has 2 unspecified atom stereocenters. The summed E-state index contributed by atoms with van der Waals surface area (Å²) in [5, 5.41) is 17.4. The molecule has 3 aliphatic heterocycles. The van der Waals surface area contributed by atoms with Gasteiger partial charge in [0.1, 0.15) is 40.0 Å². The normalized spacial score (nSPS) is 17.7. The lowest BCUT2D eigenvalue weighted by Gasteiger charge is -2.44. The zero-order valence-electron chi connectivity index (χ0n) is 43.9. The van der Waals surface area contributed by atoms with Gasteiger partial charge in [0.25, 0.3) is 5.91 Å². The first-order valence-corrected chi connectivity index (χ1v) is 26.7. The molecule has 3 amide bonds. The zero-order chi connectivity index (χ0) is 53.0. The number of hydrogen-bond acceptors (Lipinski definition) is 14. The molecule has 2 atom stereocenters. The van der Waals surface area contributed by atoms with E-state index in [0.717, 1.165) is 102 Å². The molecule has 4 aliphatic rings. The summed E-state index contributed by atoms with van der Waals surface area (Å²) >= 11 is 0. The van der Waals surface area contributed by atoms with E-state index in [4.69, 9.17) is 30.8 Å². The van der Waals surface area contributed by atoms with Crippen molar-refractivity contribution in [1.29, 1.82) is 0 Å². The molecule has 9 rings (SSSR count). The molecule has 2 aromatic heterocycles. The molecule has 18 heteroatoms. The number of piperazine rings is 1. The van der Waals surface area contributed by atoms with E-state index < -0.39 is 23.6 Å². The lowest BCUT2D eigenvalue weighted by molar-refractivity contribution is -0.129. The molecule has 2 saturated heterocycles. The van der Waals surface area contributed by atoms with Crippen LogP contribution in [-0.2, 0) is 16.1 Å². The van der Waals surface area contributed by atoms with Crippen molar-refractivity contribution >= 4 is 51.4 Å².